The molecule has 0 radical (unpaired) electrons. The summed E-state index contributed by atoms with van der Waals surface area (Å²) < 4.78 is 5.03. The van der Waals surface area contributed by atoms with Crippen molar-refractivity contribution in [3.63, 3.8) is 0 Å². The van der Waals surface area contributed by atoms with Crippen LogP contribution in [0, 0.1) is 0 Å². The van der Waals surface area contributed by atoms with Crippen molar-refractivity contribution in [1.82, 2.24) is 5.32 Å². The molecule has 4 N–H and O–H groups in total. The first kappa shape index (κ1) is 12.9. The van der Waals surface area contributed by atoms with Gasteiger partial charge in [0.05, 0.1) is 12.6 Å². The van der Waals surface area contributed by atoms with Crippen LogP contribution in [0.1, 0.15) is 26.2 Å². The Balaban J connectivity index is 2.62. The average Bonchev–Trinajstić information content (AvgIpc) is 2.68. The zero-order valence-electron chi connectivity index (χ0n) is 9.36. The molecule has 6 heteroatoms. The van der Waals surface area contributed by atoms with E-state index in [1.165, 1.54) is 0 Å². The van der Waals surface area contributed by atoms with Crippen LogP contribution in [0.25, 0.3) is 0 Å². The number of nitrogens with two attached hydrogens (primary N) is 1. The fourth-order valence-electron chi connectivity index (χ4n) is 1.66. The fourth-order valence-corrected chi connectivity index (χ4v) is 1.66. The minimum absolute atomic E-state index is 0.00686. The summed E-state index contributed by atoms with van der Waals surface area (Å²) in [5.41, 5.74) is 4.33. The molecule has 1 aliphatic rings. The van der Waals surface area contributed by atoms with Gasteiger partial charge in [0.2, 0.25) is 5.91 Å². The van der Waals surface area contributed by atoms with Gasteiger partial charge in [-0.3, -0.25) is 4.79 Å². The number of aliphatic carboxylic acids is 1. The van der Waals surface area contributed by atoms with Gasteiger partial charge >= 0.3 is 5.97 Å². The van der Waals surface area contributed by atoms with E-state index in [2.05, 4.69) is 5.32 Å². The van der Waals surface area contributed by atoms with Gasteiger partial charge in [0, 0.05) is 13.0 Å². The summed E-state index contributed by atoms with van der Waals surface area (Å²) in [4.78, 5) is 22.7. The summed E-state index contributed by atoms with van der Waals surface area (Å²) in [6, 6.07) is -0.651. The summed E-state index contributed by atoms with van der Waals surface area (Å²) in [5, 5.41) is 11.6. The zero-order chi connectivity index (χ0) is 12.2. The molecule has 0 aromatic carbocycles. The predicted octanol–water partition coefficient (Wildman–Crippen LogP) is -0.526. The topological polar surface area (TPSA) is 102 Å². The highest BCUT2D eigenvalue weighted by Gasteiger charge is 2.44. The first-order chi connectivity index (χ1) is 7.52. The molecule has 1 saturated heterocycles. The second kappa shape index (κ2) is 5.27. The van der Waals surface area contributed by atoms with Gasteiger partial charge in [-0.25, -0.2) is 4.79 Å². The molecule has 0 saturated carbocycles. The van der Waals surface area contributed by atoms with E-state index in [4.69, 9.17) is 15.6 Å². The number of carboxylic acids is 1. The molecule has 2 atom stereocenters. The van der Waals surface area contributed by atoms with Crippen LogP contribution in [0.3, 0.4) is 0 Å². The van der Waals surface area contributed by atoms with Crippen LogP contribution >= 0.6 is 0 Å². The minimum atomic E-state index is -1.29. The van der Waals surface area contributed by atoms with E-state index in [1.807, 2.05) is 6.92 Å². The van der Waals surface area contributed by atoms with Crippen LogP contribution in [0.5, 0.6) is 0 Å². The van der Waals surface area contributed by atoms with Gasteiger partial charge in [-0.1, -0.05) is 13.3 Å². The summed E-state index contributed by atoms with van der Waals surface area (Å²) in [5.74, 6) is -1.49. The fraction of sp³-hybridized carbons (Fsp3) is 0.800. The number of ether oxygens (including phenoxy) is 1. The van der Waals surface area contributed by atoms with E-state index < -0.39 is 23.5 Å². The van der Waals surface area contributed by atoms with E-state index in [1.54, 1.807) is 0 Å². The third-order valence-electron chi connectivity index (χ3n) is 2.73. The molecular weight excluding hydrogens is 212 g/mol. The average molecular weight is 230 g/mol. The predicted molar refractivity (Wildman–Crippen MR) is 56.8 cm³/mol. The third kappa shape index (κ3) is 2.70. The van der Waals surface area contributed by atoms with Gasteiger partial charge < -0.3 is 20.9 Å². The van der Waals surface area contributed by atoms with Crippen molar-refractivity contribution in [3.05, 3.63) is 0 Å². The number of hydrogen-bond donors (Lipinski definition) is 3. The van der Waals surface area contributed by atoms with Crippen LogP contribution in [-0.4, -0.2) is 41.8 Å². The van der Waals surface area contributed by atoms with Gasteiger partial charge in [0.25, 0.3) is 0 Å². The number of rotatable bonds is 5. The number of carbonyl (C=O) groups is 2. The Bertz CT molecular complexity index is 274. The lowest BCUT2D eigenvalue weighted by Crippen LogP contribution is -2.58. The lowest BCUT2D eigenvalue weighted by molar-refractivity contribution is -0.147. The third-order valence-corrected chi connectivity index (χ3v) is 2.73. The highest BCUT2D eigenvalue weighted by atomic mass is 16.5. The highest BCUT2D eigenvalue weighted by molar-refractivity contribution is 5.89. The number of nitrogens with one attached hydrogen (secondary N) is 1. The molecule has 1 unspecified atom stereocenters. The maximum Gasteiger partial charge on any atom is 0.331 e. The summed E-state index contributed by atoms with van der Waals surface area (Å²) in [6.45, 7) is 2.27. The second-order valence-electron chi connectivity index (χ2n) is 4.07. The van der Waals surface area contributed by atoms with Crippen LogP contribution in [0.15, 0.2) is 0 Å². The molecular formula is C10H18N2O4. The van der Waals surface area contributed by atoms with Crippen molar-refractivity contribution in [2.24, 2.45) is 5.73 Å². The van der Waals surface area contributed by atoms with Gasteiger partial charge in [-0.2, -0.15) is 0 Å². The maximum absolute atomic E-state index is 11.6. The molecule has 1 aliphatic heterocycles. The minimum Gasteiger partial charge on any atom is -0.479 e. The lowest BCUT2D eigenvalue weighted by atomic mass is 9.98. The molecule has 0 aromatic heterocycles. The summed E-state index contributed by atoms with van der Waals surface area (Å²) in [6.07, 6.45) is 1.61. The monoisotopic (exact) mass is 230 g/mol. The van der Waals surface area contributed by atoms with Crippen molar-refractivity contribution in [3.8, 4) is 0 Å². The van der Waals surface area contributed by atoms with Crippen molar-refractivity contribution >= 4 is 11.9 Å². The molecule has 0 aromatic rings. The van der Waals surface area contributed by atoms with E-state index in [0.29, 0.717) is 13.0 Å². The standard InChI is InChI=1S/C10H18N2O4/c1-2-3-7(11)8(13)12-10(9(14)15)4-5-16-6-10/h7H,2-6,11H2,1H3,(H,12,13)(H,14,15)/t7-,10?/m0/s1. The highest BCUT2D eigenvalue weighted by Crippen LogP contribution is 2.19. The Morgan fingerprint density at radius 1 is 1.62 bits per heavy atom. The summed E-state index contributed by atoms with van der Waals surface area (Å²) in [7, 11) is 0. The van der Waals surface area contributed by atoms with Crippen molar-refractivity contribution < 1.29 is 19.4 Å². The van der Waals surface area contributed by atoms with Gasteiger partial charge in [-0.05, 0) is 6.42 Å². The molecule has 0 spiro atoms. The van der Waals surface area contributed by atoms with Crippen LogP contribution in [-0.2, 0) is 14.3 Å². The molecule has 6 nitrogen and oxygen atoms in total. The Hall–Kier alpha value is -1.14. The van der Waals surface area contributed by atoms with Crippen LogP contribution < -0.4 is 11.1 Å². The molecule has 0 aliphatic carbocycles. The molecule has 1 amide bonds. The van der Waals surface area contributed by atoms with Crippen molar-refractivity contribution in [2.45, 2.75) is 37.8 Å². The molecule has 0 bridgehead atoms. The van der Waals surface area contributed by atoms with E-state index in [0.717, 1.165) is 6.42 Å². The first-order valence-corrected chi connectivity index (χ1v) is 5.40. The quantitative estimate of drug-likeness (QED) is 0.589. The SMILES string of the molecule is CCC[C@H](N)C(=O)NC1(C(=O)O)CCOC1. The van der Waals surface area contributed by atoms with Crippen LogP contribution in [0.4, 0.5) is 0 Å². The van der Waals surface area contributed by atoms with Gasteiger partial charge in [-0.15, -0.1) is 0 Å². The Morgan fingerprint density at radius 2 is 2.31 bits per heavy atom. The second-order valence-corrected chi connectivity index (χ2v) is 4.07. The number of hydrogen-bond acceptors (Lipinski definition) is 4. The molecule has 1 heterocycles. The number of carbonyl (C=O) groups excluding carboxylic acids is 1. The maximum atomic E-state index is 11.6. The van der Waals surface area contributed by atoms with Gasteiger partial charge in [0.15, 0.2) is 5.54 Å². The normalized spacial score (nSPS) is 26.4. The Morgan fingerprint density at radius 3 is 2.75 bits per heavy atom. The van der Waals surface area contributed by atoms with E-state index >= 15 is 0 Å². The number of amides is 1. The van der Waals surface area contributed by atoms with Crippen LogP contribution in [0.2, 0.25) is 0 Å². The molecule has 1 fully saturated rings. The van der Waals surface area contributed by atoms with E-state index in [-0.39, 0.29) is 13.0 Å². The van der Waals surface area contributed by atoms with Gasteiger partial charge in [0.1, 0.15) is 0 Å². The lowest BCUT2D eigenvalue weighted by Gasteiger charge is -2.25. The zero-order valence-corrected chi connectivity index (χ0v) is 9.36. The Labute approximate surface area is 94.1 Å². The number of carboxylic acid groups (broad SMARTS) is 1. The smallest absolute Gasteiger partial charge is 0.331 e. The Kier molecular flexibility index (Phi) is 4.26. The molecule has 92 valence electrons. The van der Waals surface area contributed by atoms with Crippen molar-refractivity contribution in [2.75, 3.05) is 13.2 Å². The largest absolute Gasteiger partial charge is 0.479 e. The molecule has 1 rings (SSSR count). The summed E-state index contributed by atoms with van der Waals surface area (Å²) >= 11 is 0. The van der Waals surface area contributed by atoms with E-state index in [9.17, 15) is 9.59 Å². The first-order valence-electron chi connectivity index (χ1n) is 5.40. The molecule has 16 heavy (non-hydrogen) atoms. The van der Waals surface area contributed by atoms with Crippen molar-refractivity contribution in [1.29, 1.82) is 0 Å².